The molecule has 1 aromatic rings. The SMILES string of the molecule is COc1cccc(CNC(=O)NCC2CNC2)c1. The first kappa shape index (κ1) is 12.7. The van der Waals surface area contributed by atoms with Crippen molar-refractivity contribution in [2.45, 2.75) is 6.54 Å². The summed E-state index contributed by atoms with van der Waals surface area (Å²) in [7, 11) is 1.63. The number of methoxy groups -OCH3 is 1. The van der Waals surface area contributed by atoms with Gasteiger partial charge in [-0.2, -0.15) is 0 Å². The van der Waals surface area contributed by atoms with Crippen molar-refractivity contribution in [3.05, 3.63) is 29.8 Å². The van der Waals surface area contributed by atoms with Crippen LogP contribution in [0.2, 0.25) is 0 Å². The summed E-state index contributed by atoms with van der Waals surface area (Å²) in [5.41, 5.74) is 1.02. The molecule has 2 amide bonds. The highest BCUT2D eigenvalue weighted by Crippen LogP contribution is 2.11. The van der Waals surface area contributed by atoms with Gasteiger partial charge >= 0.3 is 6.03 Å². The fourth-order valence-electron chi connectivity index (χ4n) is 1.76. The van der Waals surface area contributed by atoms with Crippen molar-refractivity contribution in [3.8, 4) is 5.75 Å². The second-order valence-electron chi connectivity index (χ2n) is 4.44. The van der Waals surface area contributed by atoms with Crippen LogP contribution in [0.4, 0.5) is 4.79 Å². The molecule has 0 unspecified atom stereocenters. The van der Waals surface area contributed by atoms with Crippen LogP contribution in [-0.4, -0.2) is 32.8 Å². The number of rotatable bonds is 5. The van der Waals surface area contributed by atoms with E-state index in [0.29, 0.717) is 12.5 Å². The molecule has 0 atom stereocenters. The number of amides is 2. The van der Waals surface area contributed by atoms with Crippen molar-refractivity contribution < 1.29 is 9.53 Å². The summed E-state index contributed by atoms with van der Waals surface area (Å²) in [6.45, 7) is 3.23. The van der Waals surface area contributed by atoms with Crippen molar-refractivity contribution >= 4 is 6.03 Å². The van der Waals surface area contributed by atoms with Gasteiger partial charge in [-0.05, 0) is 17.7 Å². The molecule has 1 heterocycles. The van der Waals surface area contributed by atoms with Crippen LogP contribution in [-0.2, 0) is 6.54 Å². The van der Waals surface area contributed by atoms with Gasteiger partial charge < -0.3 is 20.7 Å². The van der Waals surface area contributed by atoms with Crippen LogP contribution < -0.4 is 20.7 Å². The van der Waals surface area contributed by atoms with Gasteiger partial charge in [0.25, 0.3) is 0 Å². The number of benzene rings is 1. The fraction of sp³-hybridized carbons (Fsp3) is 0.462. The topological polar surface area (TPSA) is 62.4 Å². The fourth-order valence-corrected chi connectivity index (χ4v) is 1.76. The lowest BCUT2D eigenvalue weighted by Gasteiger charge is -2.27. The molecule has 0 spiro atoms. The van der Waals surface area contributed by atoms with E-state index in [1.54, 1.807) is 7.11 Å². The lowest BCUT2D eigenvalue weighted by molar-refractivity contribution is 0.235. The predicted molar refractivity (Wildman–Crippen MR) is 69.6 cm³/mol. The molecule has 1 aliphatic rings. The van der Waals surface area contributed by atoms with Crippen molar-refractivity contribution in [1.82, 2.24) is 16.0 Å². The van der Waals surface area contributed by atoms with Crippen LogP contribution in [0.15, 0.2) is 24.3 Å². The minimum atomic E-state index is -0.121. The number of ether oxygens (including phenoxy) is 1. The van der Waals surface area contributed by atoms with Gasteiger partial charge in [-0.25, -0.2) is 4.79 Å². The average Bonchev–Trinajstić information content (AvgIpc) is 2.35. The Morgan fingerprint density at radius 2 is 2.28 bits per heavy atom. The Labute approximate surface area is 107 Å². The van der Waals surface area contributed by atoms with Crippen molar-refractivity contribution in [2.75, 3.05) is 26.7 Å². The Morgan fingerprint density at radius 3 is 2.94 bits per heavy atom. The van der Waals surface area contributed by atoms with Crippen molar-refractivity contribution in [2.24, 2.45) is 5.92 Å². The van der Waals surface area contributed by atoms with Crippen LogP contribution in [0.25, 0.3) is 0 Å². The number of nitrogens with one attached hydrogen (secondary N) is 3. The quantitative estimate of drug-likeness (QED) is 0.720. The van der Waals surface area contributed by atoms with E-state index in [1.165, 1.54) is 0 Å². The number of carbonyl (C=O) groups is 1. The second-order valence-corrected chi connectivity index (χ2v) is 4.44. The normalized spacial score (nSPS) is 14.7. The molecule has 0 bridgehead atoms. The lowest BCUT2D eigenvalue weighted by Crippen LogP contribution is -2.49. The Balaban J connectivity index is 1.70. The summed E-state index contributed by atoms with van der Waals surface area (Å²) < 4.78 is 5.13. The minimum Gasteiger partial charge on any atom is -0.497 e. The van der Waals surface area contributed by atoms with Gasteiger partial charge in [-0.3, -0.25) is 0 Å². The molecule has 5 nitrogen and oxygen atoms in total. The number of hydrogen-bond donors (Lipinski definition) is 3. The smallest absolute Gasteiger partial charge is 0.315 e. The third-order valence-electron chi connectivity index (χ3n) is 3.00. The van der Waals surface area contributed by atoms with E-state index >= 15 is 0 Å². The molecule has 1 aliphatic heterocycles. The highest BCUT2D eigenvalue weighted by molar-refractivity contribution is 5.73. The minimum absolute atomic E-state index is 0.121. The van der Waals surface area contributed by atoms with Gasteiger partial charge in [-0.15, -0.1) is 0 Å². The molecule has 98 valence electrons. The number of hydrogen-bond acceptors (Lipinski definition) is 3. The highest BCUT2D eigenvalue weighted by atomic mass is 16.5. The van der Waals surface area contributed by atoms with Crippen molar-refractivity contribution in [3.63, 3.8) is 0 Å². The molecule has 0 saturated carbocycles. The van der Waals surface area contributed by atoms with Crippen LogP contribution in [0, 0.1) is 5.92 Å². The highest BCUT2D eigenvalue weighted by Gasteiger charge is 2.16. The van der Waals surface area contributed by atoms with Gasteiger partial charge in [0, 0.05) is 32.1 Å². The molecule has 1 fully saturated rings. The van der Waals surface area contributed by atoms with Gasteiger partial charge in [0.2, 0.25) is 0 Å². The van der Waals surface area contributed by atoms with E-state index in [0.717, 1.165) is 30.9 Å². The van der Waals surface area contributed by atoms with Crippen LogP contribution in [0.1, 0.15) is 5.56 Å². The summed E-state index contributed by atoms with van der Waals surface area (Å²) in [5.74, 6) is 1.38. The van der Waals surface area contributed by atoms with Crippen LogP contribution in [0.3, 0.4) is 0 Å². The largest absolute Gasteiger partial charge is 0.497 e. The zero-order valence-electron chi connectivity index (χ0n) is 10.5. The van der Waals surface area contributed by atoms with Crippen LogP contribution in [0.5, 0.6) is 5.75 Å². The summed E-state index contributed by atoms with van der Waals surface area (Å²) >= 11 is 0. The predicted octanol–water partition coefficient (Wildman–Crippen LogP) is 0.714. The average molecular weight is 249 g/mol. The van der Waals surface area contributed by atoms with E-state index < -0.39 is 0 Å². The third kappa shape index (κ3) is 3.63. The first-order valence-corrected chi connectivity index (χ1v) is 6.13. The van der Waals surface area contributed by atoms with Gasteiger partial charge in [0.1, 0.15) is 5.75 Å². The maximum absolute atomic E-state index is 11.5. The maximum Gasteiger partial charge on any atom is 0.315 e. The van der Waals surface area contributed by atoms with E-state index in [2.05, 4.69) is 16.0 Å². The third-order valence-corrected chi connectivity index (χ3v) is 3.00. The summed E-state index contributed by atoms with van der Waals surface area (Å²) in [5, 5.41) is 8.86. The zero-order valence-corrected chi connectivity index (χ0v) is 10.5. The Hall–Kier alpha value is -1.75. The van der Waals surface area contributed by atoms with E-state index in [9.17, 15) is 4.79 Å². The molecule has 2 rings (SSSR count). The van der Waals surface area contributed by atoms with Gasteiger partial charge in [0.05, 0.1) is 7.11 Å². The number of urea groups is 1. The van der Waals surface area contributed by atoms with E-state index in [4.69, 9.17) is 4.74 Å². The molecule has 18 heavy (non-hydrogen) atoms. The summed E-state index contributed by atoms with van der Waals surface area (Å²) in [6, 6.07) is 7.54. The summed E-state index contributed by atoms with van der Waals surface area (Å²) in [4.78, 5) is 11.5. The Kier molecular flexibility index (Phi) is 4.41. The lowest BCUT2D eigenvalue weighted by atomic mass is 10.0. The second kappa shape index (κ2) is 6.26. The molecular formula is C13H19N3O2. The van der Waals surface area contributed by atoms with Gasteiger partial charge in [0.15, 0.2) is 0 Å². The molecule has 0 radical (unpaired) electrons. The Bertz CT molecular complexity index is 405. The molecule has 0 aromatic heterocycles. The number of carbonyl (C=O) groups excluding carboxylic acids is 1. The first-order valence-electron chi connectivity index (χ1n) is 6.13. The monoisotopic (exact) mass is 249 g/mol. The summed E-state index contributed by atoms with van der Waals surface area (Å²) in [6.07, 6.45) is 0. The van der Waals surface area contributed by atoms with E-state index in [1.807, 2.05) is 24.3 Å². The standard InChI is InChI=1S/C13H19N3O2/c1-18-12-4-2-3-10(5-12)8-15-13(17)16-9-11-6-14-7-11/h2-5,11,14H,6-9H2,1H3,(H2,15,16,17). The molecule has 3 N–H and O–H groups in total. The molecule has 5 heteroatoms. The van der Waals surface area contributed by atoms with Crippen LogP contribution >= 0.6 is 0 Å². The Morgan fingerprint density at radius 1 is 1.44 bits per heavy atom. The maximum atomic E-state index is 11.5. The first-order chi connectivity index (χ1) is 8.78. The van der Waals surface area contributed by atoms with E-state index in [-0.39, 0.29) is 6.03 Å². The molecular weight excluding hydrogens is 230 g/mol. The molecule has 1 aromatic carbocycles. The van der Waals surface area contributed by atoms with Gasteiger partial charge in [-0.1, -0.05) is 12.1 Å². The molecule has 0 aliphatic carbocycles. The van der Waals surface area contributed by atoms with Crippen molar-refractivity contribution in [1.29, 1.82) is 0 Å². The molecule has 1 saturated heterocycles. The zero-order chi connectivity index (χ0) is 12.8.